The third-order valence-corrected chi connectivity index (χ3v) is 10.8. The second kappa shape index (κ2) is 36.5. The van der Waals surface area contributed by atoms with Gasteiger partial charge in [-0.25, -0.2) is 9.13 Å². The zero-order valence-corrected chi connectivity index (χ0v) is 33.1. The smallest absolute Gasteiger partial charge is 0.234 e. The SMILES string of the molecule is CCCCCCCCCCCCCCCCC[n+]1ccn(CCCCCCCCCCCCCCC)c1CCCCCCCCCC. The van der Waals surface area contributed by atoms with Gasteiger partial charge in [0.1, 0.15) is 12.4 Å². The Morgan fingerprint density at radius 3 is 1.02 bits per heavy atom. The van der Waals surface area contributed by atoms with Crippen LogP contribution in [0.1, 0.15) is 258 Å². The van der Waals surface area contributed by atoms with Crippen LogP contribution in [0.2, 0.25) is 0 Å². The molecular weight excluding hydrogens is 569 g/mol. The Kier molecular flexibility index (Phi) is 34.3. The van der Waals surface area contributed by atoms with Crippen LogP contribution in [0.25, 0.3) is 0 Å². The highest BCUT2D eigenvalue weighted by molar-refractivity contribution is 4.84. The Morgan fingerprint density at radius 2 is 0.660 bits per heavy atom. The maximum Gasteiger partial charge on any atom is 0.256 e. The van der Waals surface area contributed by atoms with Gasteiger partial charge < -0.3 is 0 Å². The van der Waals surface area contributed by atoms with Crippen molar-refractivity contribution in [3.05, 3.63) is 18.2 Å². The summed E-state index contributed by atoms with van der Waals surface area (Å²) in [7, 11) is 0. The predicted octanol–water partition coefficient (Wildman–Crippen LogP) is 15.4. The predicted molar refractivity (Wildman–Crippen MR) is 212 cm³/mol. The van der Waals surface area contributed by atoms with E-state index >= 15 is 0 Å². The molecule has 0 radical (unpaired) electrons. The molecule has 2 nitrogen and oxygen atoms in total. The van der Waals surface area contributed by atoms with Crippen LogP contribution in [0.4, 0.5) is 0 Å². The monoisotopic (exact) mass is 658 g/mol. The second-order valence-electron chi connectivity index (χ2n) is 15.5. The number of hydrogen-bond donors (Lipinski definition) is 0. The molecule has 278 valence electrons. The van der Waals surface area contributed by atoms with E-state index in [4.69, 9.17) is 0 Å². The third kappa shape index (κ3) is 28.7. The fourth-order valence-electron chi connectivity index (χ4n) is 7.56. The van der Waals surface area contributed by atoms with E-state index in [2.05, 4.69) is 42.3 Å². The standard InChI is InChI=1S/C45H89N2/c1-4-7-10-13-16-19-21-23-24-26-28-30-33-36-39-42-47-44-43-46(45(47)40-37-34-31-18-15-12-9-6-3)41-38-35-32-29-27-25-22-20-17-14-11-8-5-2/h43-44H,4-42H2,1-3H3/q+1. The van der Waals surface area contributed by atoms with Crippen LogP contribution in [-0.2, 0) is 19.5 Å². The van der Waals surface area contributed by atoms with Crippen LogP contribution >= 0.6 is 0 Å². The number of unbranched alkanes of at least 4 members (excludes halogenated alkanes) is 33. The maximum atomic E-state index is 2.64. The molecule has 0 N–H and O–H groups in total. The largest absolute Gasteiger partial charge is 0.256 e. The molecule has 0 aliphatic carbocycles. The topological polar surface area (TPSA) is 8.81 Å². The van der Waals surface area contributed by atoms with Gasteiger partial charge in [0.25, 0.3) is 5.82 Å². The molecule has 2 heteroatoms. The molecule has 0 saturated heterocycles. The molecule has 0 aliphatic heterocycles. The van der Waals surface area contributed by atoms with Crippen LogP contribution < -0.4 is 4.57 Å². The molecule has 0 atom stereocenters. The Balaban J connectivity index is 2.23. The lowest BCUT2D eigenvalue weighted by atomic mass is 10.0. The fraction of sp³-hybridized carbons (Fsp3) is 0.933. The molecule has 1 aromatic heterocycles. The minimum atomic E-state index is 1.23. The van der Waals surface area contributed by atoms with Gasteiger partial charge in [-0.05, 0) is 32.1 Å². The molecule has 0 aliphatic rings. The van der Waals surface area contributed by atoms with Gasteiger partial charge in [0.2, 0.25) is 0 Å². The number of imidazole rings is 1. The molecular formula is C45H89N2+. The molecule has 0 fully saturated rings. The van der Waals surface area contributed by atoms with Crippen molar-refractivity contribution in [3.8, 4) is 0 Å². The van der Waals surface area contributed by atoms with E-state index in [0.29, 0.717) is 0 Å². The van der Waals surface area contributed by atoms with E-state index in [1.54, 1.807) is 5.82 Å². The highest BCUT2D eigenvalue weighted by atomic mass is 15.1. The van der Waals surface area contributed by atoms with Gasteiger partial charge in [-0.15, -0.1) is 0 Å². The number of rotatable bonds is 39. The molecule has 0 saturated carbocycles. The van der Waals surface area contributed by atoms with E-state index in [1.165, 1.54) is 251 Å². The van der Waals surface area contributed by atoms with Crippen molar-refractivity contribution in [2.45, 2.75) is 271 Å². The number of nitrogens with zero attached hydrogens (tertiary/aromatic N) is 2. The van der Waals surface area contributed by atoms with Crippen LogP contribution in [-0.4, -0.2) is 4.57 Å². The van der Waals surface area contributed by atoms with Gasteiger partial charge in [-0.3, -0.25) is 0 Å². The molecule has 1 rings (SSSR count). The zero-order valence-electron chi connectivity index (χ0n) is 33.1. The lowest BCUT2D eigenvalue weighted by Gasteiger charge is -2.07. The van der Waals surface area contributed by atoms with Crippen molar-refractivity contribution in [1.82, 2.24) is 4.57 Å². The van der Waals surface area contributed by atoms with Crippen molar-refractivity contribution >= 4 is 0 Å². The van der Waals surface area contributed by atoms with Gasteiger partial charge in [0.05, 0.1) is 13.1 Å². The molecule has 0 aromatic carbocycles. The Morgan fingerprint density at radius 1 is 0.362 bits per heavy atom. The molecule has 0 bridgehead atoms. The van der Waals surface area contributed by atoms with E-state index < -0.39 is 0 Å². The van der Waals surface area contributed by atoms with Crippen molar-refractivity contribution in [1.29, 1.82) is 0 Å². The zero-order chi connectivity index (χ0) is 33.7. The highest BCUT2D eigenvalue weighted by Gasteiger charge is 2.16. The molecule has 1 heterocycles. The molecule has 1 aromatic rings. The number of aromatic nitrogens is 2. The minimum absolute atomic E-state index is 1.23. The summed E-state index contributed by atoms with van der Waals surface area (Å²) in [5.74, 6) is 1.63. The molecule has 0 unspecified atom stereocenters. The highest BCUT2D eigenvalue weighted by Crippen LogP contribution is 2.16. The molecule has 0 spiro atoms. The normalized spacial score (nSPS) is 11.6. The first-order valence-corrected chi connectivity index (χ1v) is 22.4. The lowest BCUT2D eigenvalue weighted by Crippen LogP contribution is -2.37. The van der Waals surface area contributed by atoms with Crippen molar-refractivity contribution in [3.63, 3.8) is 0 Å². The van der Waals surface area contributed by atoms with Crippen molar-refractivity contribution < 1.29 is 4.57 Å². The number of hydrogen-bond acceptors (Lipinski definition) is 0. The quantitative estimate of drug-likeness (QED) is 0.0492. The summed E-state index contributed by atoms with van der Waals surface area (Å²) in [4.78, 5) is 0. The van der Waals surface area contributed by atoms with E-state index in [0.717, 1.165) is 0 Å². The first-order chi connectivity index (χ1) is 23.3. The Hall–Kier alpha value is -0.790. The first kappa shape index (κ1) is 44.2. The van der Waals surface area contributed by atoms with Gasteiger partial charge in [0, 0.05) is 6.42 Å². The molecule has 47 heavy (non-hydrogen) atoms. The number of aryl methyl sites for hydroxylation is 2. The Labute approximate surface area is 298 Å². The summed E-state index contributed by atoms with van der Waals surface area (Å²) in [5, 5.41) is 0. The Bertz CT molecular complexity index is 722. The third-order valence-electron chi connectivity index (χ3n) is 10.8. The van der Waals surface area contributed by atoms with Crippen molar-refractivity contribution in [2.24, 2.45) is 0 Å². The first-order valence-electron chi connectivity index (χ1n) is 22.4. The maximum absolute atomic E-state index is 2.64. The van der Waals surface area contributed by atoms with Crippen LogP contribution in [0.3, 0.4) is 0 Å². The van der Waals surface area contributed by atoms with Gasteiger partial charge in [0.15, 0.2) is 0 Å². The van der Waals surface area contributed by atoms with Crippen LogP contribution in [0.5, 0.6) is 0 Å². The minimum Gasteiger partial charge on any atom is -0.234 e. The summed E-state index contributed by atoms with van der Waals surface area (Å²) >= 11 is 0. The van der Waals surface area contributed by atoms with E-state index in [1.807, 2.05) is 0 Å². The second-order valence-corrected chi connectivity index (χ2v) is 15.5. The lowest BCUT2D eigenvalue weighted by molar-refractivity contribution is -0.704. The summed E-state index contributed by atoms with van der Waals surface area (Å²) in [5.41, 5.74) is 0. The van der Waals surface area contributed by atoms with Gasteiger partial charge in [-0.1, -0.05) is 220 Å². The van der Waals surface area contributed by atoms with Gasteiger partial charge >= 0.3 is 0 Å². The van der Waals surface area contributed by atoms with Crippen molar-refractivity contribution in [2.75, 3.05) is 0 Å². The van der Waals surface area contributed by atoms with E-state index in [9.17, 15) is 0 Å². The molecule has 0 amide bonds. The van der Waals surface area contributed by atoms with Crippen LogP contribution in [0.15, 0.2) is 12.4 Å². The fourth-order valence-corrected chi connectivity index (χ4v) is 7.56. The summed E-state index contributed by atoms with van der Waals surface area (Å²) in [6.45, 7) is 9.41. The average Bonchev–Trinajstić information content (AvgIpc) is 3.47. The summed E-state index contributed by atoms with van der Waals surface area (Å²) in [6, 6.07) is 0. The van der Waals surface area contributed by atoms with E-state index in [-0.39, 0.29) is 0 Å². The average molecular weight is 658 g/mol. The van der Waals surface area contributed by atoms with Crippen LogP contribution in [0, 0.1) is 0 Å². The summed E-state index contributed by atoms with van der Waals surface area (Å²) < 4.78 is 5.29. The summed E-state index contributed by atoms with van der Waals surface area (Å²) in [6.07, 6.45) is 57.8. The van der Waals surface area contributed by atoms with Gasteiger partial charge in [-0.2, -0.15) is 0 Å².